The Kier molecular flexibility index (Phi) is 2.29. The van der Waals surface area contributed by atoms with Crippen LogP contribution in [0.15, 0.2) is 18.2 Å². The molecule has 0 aromatic heterocycles. The van der Waals surface area contributed by atoms with E-state index in [4.69, 9.17) is 0 Å². The molecule has 1 aromatic carbocycles. The van der Waals surface area contributed by atoms with Crippen LogP contribution in [0.2, 0.25) is 0 Å². The van der Waals surface area contributed by atoms with Gasteiger partial charge in [0, 0.05) is 13.8 Å². The molecular formula is C7H9ISi. The van der Waals surface area contributed by atoms with Crippen LogP contribution >= 0.6 is 22.6 Å². The van der Waals surface area contributed by atoms with E-state index in [1.54, 1.807) is 0 Å². The van der Waals surface area contributed by atoms with Crippen molar-refractivity contribution in [3.63, 3.8) is 0 Å². The maximum atomic E-state index is 2.36. The van der Waals surface area contributed by atoms with Gasteiger partial charge in [-0.3, -0.25) is 0 Å². The molecule has 0 fully saturated rings. The van der Waals surface area contributed by atoms with E-state index in [2.05, 4.69) is 47.7 Å². The predicted octanol–water partition coefficient (Wildman–Crippen LogP) is 0.590. The SMILES string of the molecule is Cc1cc([SiH3])ccc1I. The van der Waals surface area contributed by atoms with Gasteiger partial charge in [-0.05, 0) is 41.1 Å². The Morgan fingerprint density at radius 3 is 2.56 bits per heavy atom. The average molecular weight is 248 g/mol. The zero-order valence-electron chi connectivity index (χ0n) is 5.61. The van der Waals surface area contributed by atoms with Gasteiger partial charge in [0.15, 0.2) is 0 Å². The molecule has 2 heteroatoms. The van der Waals surface area contributed by atoms with Crippen molar-refractivity contribution in [2.75, 3.05) is 0 Å². The van der Waals surface area contributed by atoms with E-state index >= 15 is 0 Å². The van der Waals surface area contributed by atoms with Crippen LogP contribution in [-0.2, 0) is 0 Å². The summed E-state index contributed by atoms with van der Waals surface area (Å²) in [7, 11) is 1.17. The topological polar surface area (TPSA) is 0 Å². The highest BCUT2D eigenvalue weighted by molar-refractivity contribution is 14.1. The average Bonchev–Trinajstić information content (AvgIpc) is 1.80. The maximum Gasteiger partial charge on any atom is 0.0385 e. The predicted molar refractivity (Wildman–Crippen MR) is 53.5 cm³/mol. The fourth-order valence-electron chi connectivity index (χ4n) is 0.795. The molecule has 1 aromatic rings. The molecule has 0 spiro atoms. The van der Waals surface area contributed by atoms with Crippen LogP contribution in [0.25, 0.3) is 0 Å². The summed E-state index contributed by atoms with van der Waals surface area (Å²) in [6.45, 7) is 2.16. The Labute approximate surface area is 72.2 Å². The zero-order chi connectivity index (χ0) is 6.85. The summed E-state index contributed by atoms with van der Waals surface area (Å²) >= 11 is 2.36. The molecule has 1 rings (SSSR count). The molecule has 0 radical (unpaired) electrons. The van der Waals surface area contributed by atoms with Crippen molar-refractivity contribution in [2.24, 2.45) is 0 Å². The summed E-state index contributed by atoms with van der Waals surface area (Å²) in [6.07, 6.45) is 0. The van der Waals surface area contributed by atoms with Crippen LogP contribution in [0.3, 0.4) is 0 Å². The van der Waals surface area contributed by atoms with E-state index in [0.29, 0.717) is 0 Å². The Morgan fingerprint density at radius 2 is 2.11 bits per heavy atom. The van der Waals surface area contributed by atoms with Crippen molar-refractivity contribution in [1.82, 2.24) is 0 Å². The third-order valence-electron chi connectivity index (χ3n) is 1.31. The van der Waals surface area contributed by atoms with Crippen molar-refractivity contribution in [3.8, 4) is 0 Å². The van der Waals surface area contributed by atoms with Gasteiger partial charge in [-0.2, -0.15) is 0 Å². The van der Waals surface area contributed by atoms with Crippen LogP contribution < -0.4 is 5.19 Å². The van der Waals surface area contributed by atoms with Crippen LogP contribution in [-0.4, -0.2) is 10.2 Å². The summed E-state index contributed by atoms with van der Waals surface area (Å²) in [5.41, 5.74) is 1.41. The van der Waals surface area contributed by atoms with Crippen molar-refractivity contribution in [3.05, 3.63) is 27.3 Å². The molecule has 0 heterocycles. The van der Waals surface area contributed by atoms with Crippen molar-refractivity contribution >= 4 is 38.0 Å². The second kappa shape index (κ2) is 2.83. The summed E-state index contributed by atoms with van der Waals surface area (Å²) in [6, 6.07) is 6.63. The minimum Gasteiger partial charge on any atom is -0.0704 e. The lowest BCUT2D eigenvalue weighted by molar-refractivity contribution is 1.45. The Balaban J connectivity index is 3.17. The van der Waals surface area contributed by atoms with Gasteiger partial charge < -0.3 is 0 Å². The fourth-order valence-corrected chi connectivity index (χ4v) is 1.73. The van der Waals surface area contributed by atoms with Gasteiger partial charge >= 0.3 is 0 Å². The second-order valence-corrected chi connectivity index (χ2v) is 4.57. The van der Waals surface area contributed by atoms with Crippen molar-refractivity contribution < 1.29 is 0 Å². The van der Waals surface area contributed by atoms with Gasteiger partial charge in [-0.25, -0.2) is 0 Å². The van der Waals surface area contributed by atoms with Crippen LogP contribution in [0.1, 0.15) is 5.56 Å². The third kappa shape index (κ3) is 1.79. The minimum absolute atomic E-state index is 1.17. The van der Waals surface area contributed by atoms with Crippen molar-refractivity contribution in [1.29, 1.82) is 0 Å². The van der Waals surface area contributed by atoms with E-state index in [1.807, 2.05) is 0 Å². The molecular weight excluding hydrogens is 239 g/mol. The second-order valence-electron chi connectivity index (χ2n) is 2.25. The smallest absolute Gasteiger partial charge is 0.0385 e. The lowest BCUT2D eigenvalue weighted by Crippen LogP contribution is -2.01. The number of hydrogen-bond donors (Lipinski definition) is 0. The standard InChI is InChI=1S/C7H9ISi/c1-5-4-6(9)2-3-7(5)8/h2-4H,1,9H3. The summed E-state index contributed by atoms with van der Waals surface area (Å²) in [5, 5.41) is 1.48. The van der Waals surface area contributed by atoms with Gasteiger partial charge in [0.25, 0.3) is 0 Å². The summed E-state index contributed by atoms with van der Waals surface area (Å²) < 4.78 is 1.37. The maximum absolute atomic E-state index is 2.36. The molecule has 0 aliphatic heterocycles. The Hall–Kier alpha value is 0.167. The number of hydrogen-bond acceptors (Lipinski definition) is 0. The highest BCUT2D eigenvalue weighted by Crippen LogP contribution is 2.07. The third-order valence-corrected chi connectivity index (χ3v) is 3.15. The molecule has 0 N–H and O–H groups in total. The van der Waals surface area contributed by atoms with E-state index in [1.165, 1.54) is 24.6 Å². The molecule has 0 amide bonds. The van der Waals surface area contributed by atoms with Crippen LogP contribution in [0.4, 0.5) is 0 Å². The number of aryl methyl sites for hydroxylation is 1. The first-order chi connectivity index (χ1) is 4.20. The number of benzene rings is 1. The molecule has 0 nitrogen and oxygen atoms in total. The van der Waals surface area contributed by atoms with E-state index in [-0.39, 0.29) is 0 Å². The molecule has 0 saturated heterocycles. The quantitative estimate of drug-likeness (QED) is 0.465. The largest absolute Gasteiger partial charge is 0.0704 e. The van der Waals surface area contributed by atoms with Crippen molar-refractivity contribution in [2.45, 2.75) is 6.92 Å². The first-order valence-corrected chi connectivity index (χ1v) is 5.01. The summed E-state index contributed by atoms with van der Waals surface area (Å²) in [5.74, 6) is 0. The van der Waals surface area contributed by atoms with Gasteiger partial charge in [0.05, 0.1) is 0 Å². The first kappa shape index (κ1) is 7.28. The number of rotatable bonds is 0. The molecule has 48 valence electrons. The first-order valence-electron chi connectivity index (χ1n) is 2.93. The number of halogens is 1. The highest BCUT2D eigenvalue weighted by atomic mass is 127. The molecule has 0 unspecified atom stereocenters. The van der Waals surface area contributed by atoms with Gasteiger partial charge in [-0.15, -0.1) is 0 Å². The van der Waals surface area contributed by atoms with Crippen LogP contribution in [0.5, 0.6) is 0 Å². The van der Waals surface area contributed by atoms with E-state index < -0.39 is 0 Å². The molecule has 0 saturated carbocycles. The summed E-state index contributed by atoms with van der Waals surface area (Å²) in [4.78, 5) is 0. The zero-order valence-corrected chi connectivity index (χ0v) is 9.77. The highest BCUT2D eigenvalue weighted by Gasteiger charge is 1.90. The lowest BCUT2D eigenvalue weighted by atomic mass is 10.2. The van der Waals surface area contributed by atoms with Gasteiger partial charge in [0.1, 0.15) is 0 Å². The lowest BCUT2D eigenvalue weighted by Gasteiger charge is -1.96. The van der Waals surface area contributed by atoms with Gasteiger partial charge in [0.2, 0.25) is 0 Å². The van der Waals surface area contributed by atoms with E-state index in [9.17, 15) is 0 Å². The Bertz CT molecular complexity index is 220. The molecule has 0 atom stereocenters. The molecule has 9 heavy (non-hydrogen) atoms. The minimum atomic E-state index is 1.17. The van der Waals surface area contributed by atoms with Gasteiger partial charge in [-0.1, -0.05) is 17.3 Å². The normalized spacial score (nSPS) is 10.0. The Morgan fingerprint density at radius 1 is 1.44 bits per heavy atom. The van der Waals surface area contributed by atoms with Crippen LogP contribution in [0, 0.1) is 10.5 Å². The molecule has 0 aliphatic rings. The van der Waals surface area contributed by atoms with E-state index in [0.717, 1.165) is 0 Å². The fraction of sp³-hybridized carbons (Fsp3) is 0.143. The molecule has 0 aliphatic carbocycles. The monoisotopic (exact) mass is 248 g/mol. The molecule has 0 bridgehead atoms.